The number of hydrogen-bond donors (Lipinski definition) is 0. The molecule has 0 radical (unpaired) electrons. The zero-order chi connectivity index (χ0) is 15.4. The Morgan fingerprint density at radius 1 is 0.857 bits per heavy atom. The second-order valence-corrected chi connectivity index (χ2v) is 4.74. The maximum atomic E-state index is 11.6. The van der Waals surface area contributed by atoms with E-state index in [1.165, 1.54) is 12.2 Å². The van der Waals surface area contributed by atoms with Gasteiger partial charge in [-0.25, -0.2) is 0 Å². The molecule has 0 saturated heterocycles. The number of rotatable bonds is 5. The van der Waals surface area contributed by atoms with E-state index in [2.05, 4.69) is 13.2 Å². The van der Waals surface area contributed by atoms with Crippen LogP contribution in [0.15, 0.2) is 67.8 Å². The maximum absolute atomic E-state index is 11.6. The van der Waals surface area contributed by atoms with Crippen LogP contribution in [0.5, 0.6) is 0 Å². The van der Waals surface area contributed by atoms with Gasteiger partial charge in [0.05, 0.1) is 0 Å². The zero-order valence-electron chi connectivity index (χ0n) is 11.9. The number of carbonyl (C=O) groups is 2. The molecule has 0 fully saturated rings. The van der Waals surface area contributed by atoms with Gasteiger partial charge < -0.3 is 0 Å². The Labute approximate surface area is 124 Å². The molecule has 0 aliphatic rings. The van der Waals surface area contributed by atoms with Gasteiger partial charge >= 0.3 is 0 Å². The van der Waals surface area contributed by atoms with Gasteiger partial charge in [0.25, 0.3) is 0 Å². The summed E-state index contributed by atoms with van der Waals surface area (Å²) < 4.78 is 0. The molecule has 0 unspecified atom stereocenters. The first-order valence-electron chi connectivity index (χ1n) is 6.61. The topological polar surface area (TPSA) is 34.1 Å². The SMILES string of the molecule is C=CC(=O)c1ccc(-c2ccc(C(=O)C=C)cc2C)cc1. The molecular formula is C19H16O2. The van der Waals surface area contributed by atoms with Crippen LogP contribution in [0.2, 0.25) is 0 Å². The third kappa shape index (κ3) is 3.06. The molecule has 0 saturated carbocycles. The van der Waals surface area contributed by atoms with Gasteiger partial charge in [0.1, 0.15) is 0 Å². The summed E-state index contributed by atoms with van der Waals surface area (Å²) in [6.07, 6.45) is 2.61. The van der Waals surface area contributed by atoms with Crippen LogP contribution in [-0.2, 0) is 0 Å². The first kappa shape index (κ1) is 14.7. The number of benzene rings is 2. The van der Waals surface area contributed by atoms with Crippen molar-refractivity contribution < 1.29 is 9.59 Å². The van der Waals surface area contributed by atoms with Crippen LogP contribution < -0.4 is 0 Å². The van der Waals surface area contributed by atoms with Crippen LogP contribution in [0, 0.1) is 6.92 Å². The van der Waals surface area contributed by atoms with E-state index in [1.807, 2.05) is 31.2 Å². The molecule has 0 spiro atoms. The van der Waals surface area contributed by atoms with Crippen LogP contribution in [0.25, 0.3) is 11.1 Å². The Morgan fingerprint density at radius 2 is 1.38 bits per heavy atom. The highest BCUT2D eigenvalue weighted by atomic mass is 16.1. The summed E-state index contributed by atoms with van der Waals surface area (Å²) in [4.78, 5) is 23.1. The summed E-state index contributed by atoms with van der Waals surface area (Å²) in [5, 5.41) is 0. The minimum absolute atomic E-state index is 0.0865. The lowest BCUT2D eigenvalue weighted by Gasteiger charge is -2.08. The number of aryl methyl sites for hydroxylation is 1. The van der Waals surface area contributed by atoms with Crippen LogP contribution in [0.3, 0.4) is 0 Å². The first-order valence-corrected chi connectivity index (χ1v) is 6.61. The second kappa shape index (κ2) is 6.14. The zero-order valence-corrected chi connectivity index (χ0v) is 11.9. The Balaban J connectivity index is 2.38. The van der Waals surface area contributed by atoms with Gasteiger partial charge in [0.15, 0.2) is 11.6 Å². The number of hydrogen-bond acceptors (Lipinski definition) is 2. The molecule has 104 valence electrons. The summed E-state index contributed by atoms with van der Waals surface area (Å²) in [6, 6.07) is 12.9. The van der Waals surface area contributed by atoms with Crippen LogP contribution in [0.1, 0.15) is 26.3 Å². The summed E-state index contributed by atoms with van der Waals surface area (Å²) in [7, 11) is 0. The van der Waals surface area contributed by atoms with E-state index in [0.29, 0.717) is 11.1 Å². The molecule has 0 aliphatic heterocycles. The second-order valence-electron chi connectivity index (χ2n) is 4.74. The van der Waals surface area contributed by atoms with E-state index in [1.54, 1.807) is 18.2 Å². The van der Waals surface area contributed by atoms with Crippen LogP contribution >= 0.6 is 0 Å². The smallest absolute Gasteiger partial charge is 0.185 e. The van der Waals surface area contributed by atoms with Crippen molar-refractivity contribution in [3.05, 3.63) is 84.5 Å². The van der Waals surface area contributed by atoms with Crippen molar-refractivity contribution in [3.63, 3.8) is 0 Å². The molecule has 0 bridgehead atoms. The third-order valence-electron chi connectivity index (χ3n) is 3.36. The van der Waals surface area contributed by atoms with E-state index in [-0.39, 0.29) is 11.6 Å². The number of ketones is 2. The average molecular weight is 276 g/mol. The summed E-state index contributed by atoms with van der Waals surface area (Å²) >= 11 is 0. The van der Waals surface area contributed by atoms with Crippen molar-refractivity contribution in [2.45, 2.75) is 6.92 Å². The number of allylic oxidation sites excluding steroid dienone is 2. The highest BCUT2D eigenvalue weighted by Crippen LogP contribution is 2.25. The first-order chi connectivity index (χ1) is 10.1. The van der Waals surface area contributed by atoms with Crippen molar-refractivity contribution in [1.29, 1.82) is 0 Å². The normalized spacial score (nSPS) is 9.95. The van der Waals surface area contributed by atoms with Gasteiger partial charge in [-0.15, -0.1) is 0 Å². The van der Waals surface area contributed by atoms with E-state index in [0.717, 1.165) is 16.7 Å². The standard InChI is InChI=1S/C19H16O2/c1-4-18(20)15-8-6-14(7-9-15)17-11-10-16(12-13(17)3)19(21)5-2/h4-12H,1-2H2,3H3. The molecule has 0 atom stereocenters. The molecule has 0 amide bonds. The van der Waals surface area contributed by atoms with Crippen molar-refractivity contribution in [3.8, 4) is 11.1 Å². The molecular weight excluding hydrogens is 260 g/mol. The molecule has 2 heteroatoms. The van der Waals surface area contributed by atoms with E-state index in [4.69, 9.17) is 0 Å². The Bertz CT molecular complexity index is 722. The van der Waals surface area contributed by atoms with Gasteiger partial charge in [-0.1, -0.05) is 49.6 Å². The highest BCUT2D eigenvalue weighted by molar-refractivity contribution is 6.05. The minimum Gasteiger partial charge on any atom is -0.289 e. The minimum atomic E-state index is -0.0924. The largest absolute Gasteiger partial charge is 0.289 e. The summed E-state index contributed by atoms with van der Waals surface area (Å²) in [5.74, 6) is -0.179. The van der Waals surface area contributed by atoms with Crippen LogP contribution in [0.4, 0.5) is 0 Å². The summed E-state index contributed by atoms with van der Waals surface area (Å²) in [6.45, 7) is 8.92. The lowest BCUT2D eigenvalue weighted by Crippen LogP contribution is -1.96. The molecule has 0 aromatic heterocycles. The molecule has 0 heterocycles. The lowest BCUT2D eigenvalue weighted by molar-refractivity contribution is 0.103. The van der Waals surface area contributed by atoms with Crippen molar-refractivity contribution in [2.75, 3.05) is 0 Å². The monoisotopic (exact) mass is 276 g/mol. The molecule has 0 aliphatic carbocycles. The fourth-order valence-electron chi connectivity index (χ4n) is 2.19. The fraction of sp³-hybridized carbons (Fsp3) is 0.0526. The van der Waals surface area contributed by atoms with E-state index < -0.39 is 0 Å². The van der Waals surface area contributed by atoms with E-state index in [9.17, 15) is 9.59 Å². The molecule has 2 aromatic carbocycles. The quantitative estimate of drug-likeness (QED) is 0.599. The predicted molar refractivity (Wildman–Crippen MR) is 85.7 cm³/mol. The summed E-state index contributed by atoms with van der Waals surface area (Å²) in [5.41, 5.74) is 4.29. The number of carbonyl (C=O) groups excluding carboxylic acids is 2. The predicted octanol–water partition coefficient (Wildman–Crippen LogP) is 4.40. The van der Waals surface area contributed by atoms with Crippen molar-refractivity contribution in [1.82, 2.24) is 0 Å². The highest BCUT2D eigenvalue weighted by Gasteiger charge is 2.07. The molecule has 21 heavy (non-hydrogen) atoms. The molecule has 2 rings (SSSR count). The van der Waals surface area contributed by atoms with Gasteiger partial charge in [0, 0.05) is 11.1 Å². The molecule has 0 N–H and O–H groups in total. The van der Waals surface area contributed by atoms with Gasteiger partial charge in [-0.05, 0) is 41.8 Å². The van der Waals surface area contributed by atoms with Crippen molar-refractivity contribution >= 4 is 11.6 Å². The average Bonchev–Trinajstić information content (AvgIpc) is 2.53. The molecule has 2 nitrogen and oxygen atoms in total. The molecule has 2 aromatic rings. The Hall–Kier alpha value is -2.74. The fourth-order valence-corrected chi connectivity index (χ4v) is 2.19. The Kier molecular flexibility index (Phi) is 4.29. The third-order valence-corrected chi connectivity index (χ3v) is 3.36. The van der Waals surface area contributed by atoms with Crippen LogP contribution in [-0.4, -0.2) is 11.6 Å². The van der Waals surface area contributed by atoms with Gasteiger partial charge in [-0.2, -0.15) is 0 Å². The van der Waals surface area contributed by atoms with Gasteiger partial charge in [0.2, 0.25) is 0 Å². The lowest BCUT2D eigenvalue weighted by atomic mass is 9.96. The van der Waals surface area contributed by atoms with Crippen molar-refractivity contribution in [2.24, 2.45) is 0 Å². The Morgan fingerprint density at radius 3 is 1.90 bits per heavy atom. The van der Waals surface area contributed by atoms with E-state index >= 15 is 0 Å². The maximum Gasteiger partial charge on any atom is 0.185 e. The van der Waals surface area contributed by atoms with Gasteiger partial charge in [-0.3, -0.25) is 9.59 Å².